The number of hydrogen-bond donors (Lipinski definition) is 4. The van der Waals surface area contributed by atoms with Gasteiger partial charge in [0.25, 0.3) is 0 Å². The molecule has 0 atom stereocenters. The van der Waals surface area contributed by atoms with Crippen LogP contribution < -0.4 is 10.6 Å². The summed E-state index contributed by atoms with van der Waals surface area (Å²) in [4.78, 5) is 27.4. The van der Waals surface area contributed by atoms with E-state index in [1.807, 2.05) is 0 Å². The van der Waals surface area contributed by atoms with Gasteiger partial charge in [-0.3, -0.25) is 10.6 Å². The molecule has 0 fully saturated rings. The van der Waals surface area contributed by atoms with E-state index in [1.54, 1.807) is 41.5 Å². The molecule has 0 aromatic heterocycles. The van der Waals surface area contributed by atoms with Gasteiger partial charge in [-0.2, -0.15) is 0 Å². The van der Waals surface area contributed by atoms with Crippen LogP contribution in [-0.2, 0) is 9.47 Å². The lowest BCUT2D eigenvalue weighted by Crippen LogP contribution is -2.48. The first-order valence-electron chi connectivity index (χ1n) is 7.16. The Labute approximate surface area is 136 Å². The number of nitrogens with zero attached hydrogens (tertiary/aromatic N) is 1. The van der Waals surface area contributed by atoms with E-state index in [2.05, 4.69) is 15.6 Å². The number of carbonyl (C=O) groups is 2. The number of carbonyl (C=O) groups excluding carboxylic acids is 2. The highest BCUT2D eigenvalue weighted by Crippen LogP contribution is 2.07. The SMILES string of the molecule is CC(C)(C)OC(=O)NC(=NC(CO)CO)NC(=O)OC(C)(C)C. The number of amides is 2. The Hall–Kier alpha value is -1.87. The number of rotatable bonds is 3. The number of aliphatic hydroxyl groups excluding tert-OH is 2. The summed E-state index contributed by atoms with van der Waals surface area (Å²) in [5.41, 5.74) is -1.48. The minimum Gasteiger partial charge on any atom is -0.444 e. The van der Waals surface area contributed by atoms with E-state index in [4.69, 9.17) is 19.7 Å². The predicted octanol–water partition coefficient (Wildman–Crippen LogP) is 0.745. The Kier molecular flexibility index (Phi) is 7.98. The minimum absolute atomic E-state index is 0.290. The van der Waals surface area contributed by atoms with Gasteiger partial charge in [0.1, 0.15) is 11.2 Å². The highest BCUT2D eigenvalue weighted by atomic mass is 16.6. The summed E-state index contributed by atoms with van der Waals surface area (Å²) < 4.78 is 10.1. The van der Waals surface area contributed by atoms with Crippen LogP contribution in [0.3, 0.4) is 0 Å². The maximum Gasteiger partial charge on any atom is 0.414 e. The first kappa shape index (κ1) is 21.1. The van der Waals surface area contributed by atoms with Crippen molar-refractivity contribution in [2.75, 3.05) is 13.2 Å². The van der Waals surface area contributed by atoms with E-state index in [0.29, 0.717) is 0 Å². The molecule has 0 rings (SSSR count). The standard InChI is InChI=1S/C14H27N3O6/c1-13(2,3)22-11(20)16-10(15-9(7-18)8-19)17-12(21)23-14(4,5)6/h9,18-19H,7-8H2,1-6H3,(H2,15,16,17,20,21). The van der Waals surface area contributed by atoms with E-state index in [9.17, 15) is 9.59 Å². The molecule has 0 aliphatic heterocycles. The van der Waals surface area contributed by atoms with E-state index in [0.717, 1.165) is 0 Å². The molecule has 0 saturated carbocycles. The van der Waals surface area contributed by atoms with Crippen molar-refractivity contribution in [2.45, 2.75) is 58.8 Å². The zero-order valence-electron chi connectivity index (χ0n) is 14.5. The maximum atomic E-state index is 11.8. The smallest absolute Gasteiger partial charge is 0.414 e. The minimum atomic E-state index is -0.908. The van der Waals surface area contributed by atoms with Crippen LogP contribution in [0.25, 0.3) is 0 Å². The Morgan fingerprint density at radius 2 is 1.26 bits per heavy atom. The molecule has 0 aromatic rings. The van der Waals surface area contributed by atoms with Crippen molar-refractivity contribution in [1.29, 1.82) is 0 Å². The van der Waals surface area contributed by atoms with Gasteiger partial charge < -0.3 is 19.7 Å². The fourth-order valence-corrected chi connectivity index (χ4v) is 1.22. The van der Waals surface area contributed by atoms with Gasteiger partial charge in [-0.1, -0.05) is 0 Å². The van der Waals surface area contributed by atoms with Crippen LogP contribution in [0.15, 0.2) is 4.99 Å². The van der Waals surface area contributed by atoms with E-state index < -0.39 is 42.6 Å². The van der Waals surface area contributed by atoms with Gasteiger partial charge in [-0.25, -0.2) is 14.6 Å². The lowest BCUT2D eigenvalue weighted by Gasteiger charge is -2.22. The summed E-state index contributed by atoms with van der Waals surface area (Å²) in [5.74, 6) is -0.290. The fourth-order valence-electron chi connectivity index (χ4n) is 1.22. The summed E-state index contributed by atoms with van der Waals surface area (Å²) in [6.07, 6.45) is -1.69. The van der Waals surface area contributed by atoms with Gasteiger partial charge in [0.15, 0.2) is 0 Å². The number of aliphatic imine (C=N–C) groups is 1. The average Bonchev–Trinajstić information content (AvgIpc) is 2.30. The quantitative estimate of drug-likeness (QED) is 0.445. The average molecular weight is 333 g/mol. The molecule has 23 heavy (non-hydrogen) atoms. The largest absolute Gasteiger partial charge is 0.444 e. The molecule has 0 unspecified atom stereocenters. The van der Waals surface area contributed by atoms with E-state index in [-0.39, 0.29) is 5.96 Å². The summed E-state index contributed by atoms with van der Waals surface area (Å²) in [6, 6.07) is -0.908. The van der Waals surface area contributed by atoms with Crippen LogP contribution >= 0.6 is 0 Å². The lowest BCUT2D eigenvalue weighted by atomic mass is 10.2. The molecule has 0 aliphatic carbocycles. The van der Waals surface area contributed by atoms with Crippen molar-refractivity contribution in [2.24, 2.45) is 4.99 Å². The normalized spacial score (nSPS) is 11.7. The molecule has 9 nitrogen and oxygen atoms in total. The summed E-state index contributed by atoms with van der Waals surface area (Å²) in [6.45, 7) is 9.12. The Balaban J connectivity index is 5.03. The van der Waals surface area contributed by atoms with E-state index in [1.165, 1.54) is 0 Å². The first-order valence-corrected chi connectivity index (χ1v) is 7.16. The third-order valence-corrected chi connectivity index (χ3v) is 1.97. The maximum absolute atomic E-state index is 11.8. The van der Waals surface area contributed by atoms with Gasteiger partial charge >= 0.3 is 12.2 Å². The molecule has 134 valence electrons. The molecule has 0 aliphatic rings. The molecular formula is C14H27N3O6. The molecule has 0 saturated heterocycles. The van der Waals surface area contributed by atoms with Gasteiger partial charge in [0, 0.05) is 0 Å². The number of hydrogen-bond acceptors (Lipinski definition) is 7. The van der Waals surface area contributed by atoms with Gasteiger partial charge in [-0.05, 0) is 41.5 Å². The second-order valence-electron chi connectivity index (χ2n) is 6.75. The second kappa shape index (κ2) is 8.68. The molecule has 0 spiro atoms. The van der Waals surface area contributed by atoms with Gasteiger partial charge in [0.05, 0.1) is 19.3 Å². The molecule has 2 amide bonds. The first-order chi connectivity index (χ1) is 10.4. The number of guanidine groups is 1. The fraction of sp³-hybridized carbons (Fsp3) is 0.786. The molecule has 0 aromatic carbocycles. The third kappa shape index (κ3) is 11.4. The van der Waals surface area contributed by atoms with Gasteiger partial charge in [-0.15, -0.1) is 0 Å². The van der Waals surface area contributed by atoms with E-state index >= 15 is 0 Å². The van der Waals surface area contributed by atoms with Crippen LogP contribution in [-0.4, -0.2) is 58.8 Å². The summed E-state index contributed by atoms with van der Waals surface area (Å²) >= 11 is 0. The van der Waals surface area contributed by atoms with Crippen LogP contribution in [0.5, 0.6) is 0 Å². The number of nitrogens with one attached hydrogen (secondary N) is 2. The molecule has 0 heterocycles. The summed E-state index contributed by atoms with van der Waals surface area (Å²) in [7, 11) is 0. The molecule has 0 radical (unpaired) electrons. The van der Waals surface area contributed by atoms with Crippen molar-refractivity contribution in [3.63, 3.8) is 0 Å². The third-order valence-electron chi connectivity index (χ3n) is 1.97. The topological polar surface area (TPSA) is 129 Å². The Morgan fingerprint density at radius 1 is 0.913 bits per heavy atom. The Bertz CT molecular complexity index is 401. The molecule has 0 bridgehead atoms. The van der Waals surface area contributed by atoms with Crippen LogP contribution in [0.4, 0.5) is 9.59 Å². The summed E-state index contributed by atoms with van der Waals surface area (Å²) in [5, 5.41) is 22.6. The van der Waals surface area contributed by atoms with Crippen molar-refractivity contribution in [1.82, 2.24) is 10.6 Å². The highest BCUT2D eigenvalue weighted by molar-refractivity contribution is 6.01. The zero-order chi connectivity index (χ0) is 18.3. The molecule has 9 heteroatoms. The molecule has 4 N–H and O–H groups in total. The second-order valence-corrected chi connectivity index (χ2v) is 6.75. The van der Waals surface area contributed by atoms with Crippen molar-refractivity contribution >= 4 is 18.1 Å². The van der Waals surface area contributed by atoms with Crippen molar-refractivity contribution in [3.8, 4) is 0 Å². The highest BCUT2D eigenvalue weighted by Gasteiger charge is 2.21. The van der Waals surface area contributed by atoms with Gasteiger partial charge in [0.2, 0.25) is 5.96 Å². The molecular weight excluding hydrogens is 306 g/mol. The van der Waals surface area contributed by atoms with Crippen LogP contribution in [0.1, 0.15) is 41.5 Å². The number of alkyl carbamates (subject to hydrolysis) is 2. The predicted molar refractivity (Wildman–Crippen MR) is 84.1 cm³/mol. The van der Waals surface area contributed by atoms with Crippen molar-refractivity contribution in [3.05, 3.63) is 0 Å². The van der Waals surface area contributed by atoms with Crippen molar-refractivity contribution < 1.29 is 29.3 Å². The Morgan fingerprint density at radius 3 is 1.52 bits per heavy atom. The monoisotopic (exact) mass is 333 g/mol. The number of ether oxygens (including phenoxy) is 2. The van der Waals surface area contributed by atoms with Crippen LogP contribution in [0.2, 0.25) is 0 Å². The zero-order valence-corrected chi connectivity index (χ0v) is 14.5. The number of aliphatic hydroxyl groups is 2. The van der Waals surface area contributed by atoms with Crippen LogP contribution in [0, 0.1) is 0 Å². The lowest BCUT2D eigenvalue weighted by molar-refractivity contribution is 0.0543.